The number of ketones is 3. The molecule has 1 heterocycles. The lowest BCUT2D eigenvalue weighted by atomic mass is 9.99. The van der Waals surface area contributed by atoms with Gasteiger partial charge in [-0.25, -0.2) is 0 Å². The smallest absolute Gasteiger partial charge is 0.230 e. The van der Waals surface area contributed by atoms with Crippen molar-refractivity contribution in [2.24, 2.45) is 5.92 Å². The molecule has 29 heavy (non-hydrogen) atoms. The van der Waals surface area contributed by atoms with Gasteiger partial charge in [-0.05, 0) is 6.42 Å². The quantitative estimate of drug-likeness (QED) is 0.581. The van der Waals surface area contributed by atoms with Crippen LogP contribution < -0.4 is 5.32 Å². The third kappa shape index (κ3) is 10.8. The van der Waals surface area contributed by atoms with Crippen molar-refractivity contribution in [2.75, 3.05) is 36.2 Å². The zero-order chi connectivity index (χ0) is 21.6. The Morgan fingerprint density at radius 1 is 1.00 bits per heavy atom. The van der Waals surface area contributed by atoms with Crippen LogP contribution in [-0.2, 0) is 24.0 Å². The molecule has 0 bridgehead atoms. The number of rotatable bonds is 9. The summed E-state index contributed by atoms with van der Waals surface area (Å²) in [5, 5.41) is 3.48. The number of nitrogens with one attached hydrogen (secondary N) is 1. The number of hydrogen-bond acceptors (Lipinski definition) is 7. The molecule has 9 heteroatoms. The van der Waals surface area contributed by atoms with Gasteiger partial charge in [0.15, 0.2) is 0 Å². The van der Waals surface area contributed by atoms with E-state index in [9.17, 15) is 24.0 Å². The van der Waals surface area contributed by atoms with E-state index in [2.05, 4.69) is 5.32 Å². The molecule has 0 aromatic heterocycles. The Kier molecular flexibility index (Phi) is 12.9. The summed E-state index contributed by atoms with van der Waals surface area (Å²) in [4.78, 5) is 62.3. The highest BCUT2D eigenvalue weighted by Crippen LogP contribution is 2.17. The lowest BCUT2D eigenvalue weighted by molar-refractivity contribution is -0.136. The molecule has 0 aliphatic carbocycles. The van der Waals surface area contributed by atoms with Crippen molar-refractivity contribution in [3.63, 3.8) is 0 Å². The van der Waals surface area contributed by atoms with Crippen molar-refractivity contribution in [1.29, 1.82) is 0 Å². The monoisotopic (exact) mass is 444 g/mol. The first-order valence-corrected chi connectivity index (χ1v) is 12.4. The maximum Gasteiger partial charge on any atom is 0.230 e. The largest absolute Gasteiger partial charge is 0.355 e. The van der Waals surface area contributed by atoms with Crippen LogP contribution in [0.5, 0.6) is 0 Å². The molecule has 0 aromatic rings. The summed E-state index contributed by atoms with van der Waals surface area (Å²) >= 11 is 2.93. The van der Waals surface area contributed by atoms with E-state index in [-0.39, 0.29) is 68.1 Å². The minimum Gasteiger partial charge on any atom is -0.355 e. The molecule has 0 radical (unpaired) electrons. The van der Waals surface area contributed by atoms with Gasteiger partial charge in [-0.2, -0.15) is 0 Å². The molecule has 1 aliphatic heterocycles. The lowest BCUT2D eigenvalue weighted by Gasteiger charge is -2.27. The molecule has 7 nitrogen and oxygen atoms in total. The molecule has 0 aromatic carbocycles. The van der Waals surface area contributed by atoms with Crippen LogP contribution in [0.3, 0.4) is 0 Å². The first-order valence-electron chi connectivity index (χ1n) is 10.1. The molecule has 1 rings (SSSR count). The van der Waals surface area contributed by atoms with Crippen molar-refractivity contribution in [2.45, 2.75) is 52.4 Å². The van der Waals surface area contributed by atoms with E-state index in [0.717, 1.165) is 0 Å². The summed E-state index contributed by atoms with van der Waals surface area (Å²) in [7, 11) is 0. The third-order valence-corrected chi connectivity index (χ3v) is 7.08. The maximum absolute atomic E-state index is 13.2. The van der Waals surface area contributed by atoms with Gasteiger partial charge in [0.1, 0.15) is 17.3 Å². The number of amides is 2. The van der Waals surface area contributed by atoms with E-state index in [0.29, 0.717) is 35.9 Å². The van der Waals surface area contributed by atoms with Crippen molar-refractivity contribution in [3.8, 4) is 0 Å². The van der Waals surface area contributed by atoms with Gasteiger partial charge in [0.05, 0.1) is 17.4 Å². The molecular weight excluding hydrogens is 412 g/mol. The number of Topliss-reactive ketones (excluding diaryl/α,β-unsaturated/α-hetero) is 3. The molecular formula is C20H32N2O5S2. The molecule has 1 N–H and O–H groups in total. The molecule has 2 amide bonds. The number of nitrogens with zero attached hydrogens (tertiary/aromatic N) is 1. The van der Waals surface area contributed by atoms with E-state index in [4.69, 9.17) is 0 Å². The SMILES string of the molecule is CCC(=O)CCN(CCC(=O)CC)C(=O)C1CCC(=O)CSCSCC(=O)NC1. The fourth-order valence-corrected chi connectivity index (χ4v) is 4.62. The topological polar surface area (TPSA) is 101 Å². The third-order valence-electron chi connectivity index (χ3n) is 4.75. The molecule has 1 fully saturated rings. The summed E-state index contributed by atoms with van der Waals surface area (Å²) in [6.45, 7) is 4.23. The first-order chi connectivity index (χ1) is 13.9. The predicted octanol–water partition coefficient (Wildman–Crippen LogP) is 2.07. The molecule has 1 aliphatic rings. The number of thioether (sulfide) groups is 2. The summed E-state index contributed by atoms with van der Waals surface area (Å²) < 4.78 is 0. The van der Waals surface area contributed by atoms with Crippen molar-refractivity contribution < 1.29 is 24.0 Å². The molecule has 1 saturated heterocycles. The van der Waals surface area contributed by atoms with E-state index in [1.54, 1.807) is 18.7 Å². The van der Waals surface area contributed by atoms with E-state index in [1.807, 2.05) is 0 Å². The van der Waals surface area contributed by atoms with Crippen LogP contribution in [0.25, 0.3) is 0 Å². The van der Waals surface area contributed by atoms with E-state index in [1.165, 1.54) is 23.5 Å². The van der Waals surface area contributed by atoms with Crippen LogP contribution in [-0.4, -0.2) is 70.3 Å². The van der Waals surface area contributed by atoms with Crippen LogP contribution >= 0.6 is 23.5 Å². The Bertz CT molecular complexity index is 555. The predicted molar refractivity (Wildman–Crippen MR) is 117 cm³/mol. The summed E-state index contributed by atoms with van der Waals surface area (Å²) in [5.74, 6) is 0.0101. The minimum atomic E-state index is -0.536. The Morgan fingerprint density at radius 3 is 2.17 bits per heavy atom. The van der Waals surface area contributed by atoms with Gasteiger partial charge in [-0.15, -0.1) is 23.5 Å². The van der Waals surface area contributed by atoms with Crippen molar-refractivity contribution >= 4 is 52.7 Å². The summed E-state index contributed by atoms with van der Waals surface area (Å²) in [6, 6.07) is 0. The van der Waals surface area contributed by atoms with Crippen molar-refractivity contribution in [1.82, 2.24) is 10.2 Å². The van der Waals surface area contributed by atoms with Crippen LogP contribution in [0.4, 0.5) is 0 Å². The number of carbonyl (C=O) groups is 5. The Labute approximate surface area is 181 Å². The molecule has 0 saturated carbocycles. The Balaban J connectivity index is 2.85. The highest BCUT2D eigenvalue weighted by Gasteiger charge is 2.26. The average molecular weight is 445 g/mol. The minimum absolute atomic E-state index is 0.0563. The lowest BCUT2D eigenvalue weighted by Crippen LogP contribution is -2.43. The zero-order valence-electron chi connectivity index (χ0n) is 17.4. The molecule has 0 spiro atoms. The Hall–Kier alpha value is -1.35. The van der Waals surface area contributed by atoms with Gasteiger partial charge in [-0.1, -0.05) is 13.8 Å². The van der Waals surface area contributed by atoms with Gasteiger partial charge in [-0.3, -0.25) is 24.0 Å². The molecule has 164 valence electrons. The highest BCUT2D eigenvalue weighted by atomic mass is 32.2. The normalized spacial score (nSPS) is 18.9. The van der Waals surface area contributed by atoms with Gasteiger partial charge in [0.25, 0.3) is 0 Å². The second kappa shape index (κ2) is 14.6. The standard InChI is InChI=1S/C20H32N2O5S2/c1-3-16(23)7-9-22(10-8-17(24)4-2)20(27)15-5-6-18(25)12-28-14-29-13-19(26)21-11-15/h15H,3-14H2,1-2H3,(H,21,26). The Morgan fingerprint density at radius 2 is 1.59 bits per heavy atom. The number of carbonyl (C=O) groups excluding carboxylic acids is 5. The molecule has 1 unspecified atom stereocenters. The van der Waals surface area contributed by atoms with Gasteiger partial charge >= 0.3 is 0 Å². The van der Waals surface area contributed by atoms with Crippen LogP contribution in [0, 0.1) is 5.92 Å². The zero-order valence-corrected chi connectivity index (χ0v) is 19.0. The second-order valence-corrected chi connectivity index (χ2v) is 9.34. The maximum atomic E-state index is 13.2. The van der Waals surface area contributed by atoms with Crippen molar-refractivity contribution in [3.05, 3.63) is 0 Å². The molecule has 1 atom stereocenters. The summed E-state index contributed by atoms with van der Waals surface area (Å²) in [6.07, 6.45) is 1.92. The van der Waals surface area contributed by atoms with Gasteiger partial charge in [0, 0.05) is 56.8 Å². The van der Waals surface area contributed by atoms with Crippen LogP contribution in [0.15, 0.2) is 0 Å². The fraction of sp³-hybridized carbons (Fsp3) is 0.750. The number of hydrogen-bond donors (Lipinski definition) is 1. The fourth-order valence-electron chi connectivity index (χ4n) is 2.82. The highest BCUT2D eigenvalue weighted by molar-refractivity contribution is 8.16. The average Bonchev–Trinajstić information content (AvgIpc) is 2.71. The summed E-state index contributed by atoms with van der Waals surface area (Å²) in [5.41, 5.74) is 0. The second-order valence-electron chi connectivity index (χ2n) is 7.00. The first kappa shape index (κ1) is 25.7. The van der Waals surface area contributed by atoms with Crippen LogP contribution in [0.2, 0.25) is 0 Å². The van der Waals surface area contributed by atoms with Gasteiger partial charge in [0.2, 0.25) is 11.8 Å². The van der Waals surface area contributed by atoms with Gasteiger partial charge < -0.3 is 10.2 Å². The van der Waals surface area contributed by atoms with E-state index >= 15 is 0 Å². The van der Waals surface area contributed by atoms with E-state index < -0.39 is 5.92 Å². The van der Waals surface area contributed by atoms with Crippen LogP contribution in [0.1, 0.15) is 52.4 Å².